The molecule has 2 heterocycles. The number of rotatable bonds is 5. The standard InChI is InChI=1S/C21H16F3N5O6/c1-8-13-10(7-11(30)15(34-3)16(13)35-18(32)21(22,23)24)26-19(25-8)29-20-27-14-9(17(31)28-20)5-4-6-12(14)33-2/h4-7,30H,1-3H3,(H2,25,26,27,28,29,31). The fourth-order valence-corrected chi connectivity index (χ4v) is 3.37. The van der Waals surface area contributed by atoms with Gasteiger partial charge in [0.2, 0.25) is 17.6 Å². The van der Waals surface area contributed by atoms with E-state index in [1.807, 2.05) is 0 Å². The Bertz CT molecular complexity index is 1540. The van der Waals surface area contributed by atoms with Crippen LogP contribution in [0.15, 0.2) is 29.1 Å². The first kappa shape index (κ1) is 23.5. The van der Waals surface area contributed by atoms with Crippen molar-refractivity contribution in [3.8, 4) is 23.0 Å². The number of hydrogen-bond donors (Lipinski definition) is 3. The van der Waals surface area contributed by atoms with Crippen LogP contribution in [0.4, 0.5) is 25.1 Å². The van der Waals surface area contributed by atoms with E-state index in [-0.39, 0.29) is 39.4 Å². The molecular formula is C21H16F3N5O6. The van der Waals surface area contributed by atoms with Gasteiger partial charge >= 0.3 is 12.1 Å². The molecule has 0 amide bonds. The number of nitrogens with zero attached hydrogens (tertiary/aromatic N) is 3. The van der Waals surface area contributed by atoms with E-state index >= 15 is 0 Å². The molecule has 4 aromatic rings. The van der Waals surface area contributed by atoms with E-state index in [4.69, 9.17) is 9.47 Å². The number of anilines is 2. The monoisotopic (exact) mass is 491 g/mol. The number of esters is 1. The van der Waals surface area contributed by atoms with Crippen LogP contribution in [0, 0.1) is 6.92 Å². The van der Waals surface area contributed by atoms with Crippen LogP contribution in [-0.4, -0.2) is 51.4 Å². The summed E-state index contributed by atoms with van der Waals surface area (Å²) in [5.41, 5.74) is -0.217. The van der Waals surface area contributed by atoms with E-state index in [1.165, 1.54) is 14.0 Å². The van der Waals surface area contributed by atoms with Gasteiger partial charge in [-0.25, -0.2) is 19.7 Å². The lowest BCUT2D eigenvalue weighted by atomic mass is 10.1. The highest BCUT2D eigenvalue weighted by atomic mass is 19.4. The molecular weight excluding hydrogens is 475 g/mol. The van der Waals surface area contributed by atoms with Crippen molar-refractivity contribution in [2.24, 2.45) is 0 Å². The Labute approximate surface area is 193 Å². The van der Waals surface area contributed by atoms with Gasteiger partial charge in [-0.3, -0.25) is 15.1 Å². The van der Waals surface area contributed by atoms with Gasteiger partial charge < -0.3 is 19.3 Å². The number of phenols is 1. The van der Waals surface area contributed by atoms with Crippen molar-refractivity contribution in [2.75, 3.05) is 19.5 Å². The maximum Gasteiger partial charge on any atom is 0.491 e. The fourth-order valence-electron chi connectivity index (χ4n) is 3.37. The van der Waals surface area contributed by atoms with Gasteiger partial charge in [0.15, 0.2) is 11.5 Å². The number of aryl methyl sites for hydroxylation is 1. The predicted octanol–water partition coefficient (Wildman–Crippen LogP) is 3.11. The van der Waals surface area contributed by atoms with Gasteiger partial charge in [0, 0.05) is 6.07 Å². The molecule has 0 saturated heterocycles. The van der Waals surface area contributed by atoms with Crippen molar-refractivity contribution in [1.29, 1.82) is 0 Å². The molecule has 0 radical (unpaired) electrons. The van der Waals surface area contributed by atoms with Crippen LogP contribution in [0.1, 0.15) is 5.69 Å². The number of halogens is 3. The molecule has 0 unspecified atom stereocenters. The molecule has 2 aromatic carbocycles. The summed E-state index contributed by atoms with van der Waals surface area (Å²) in [5, 5.41) is 13.1. The van der Waals surface area contributed by atoms with Crippen molar-refractivity contribution in [2.45, 2.75) is 13.1 Å². The number of benzene rings is 2. The molecule has 0 aliphatic carbocycles. The second-order valence-corrected chi connectivity index (χ2v) is 7.07. The third kappa shape index (κ3) is 4.32. The number of methoxy groups -OCH3 is 2. The molecule has 182 valence electrons. The quantitative estimate of drug-likeness (QED) is 0.281. The summed E-state index contributed by atoms with van der Waals surface area (Å²) in [5.74, 6) is -4.17. The Hall–Kier alpha value is -4.62. The lowest BCUT2D eigenvalue weighted by Crippen LogP contribution is -2.28. The highest BCUT2D eigenvalue weighted by Gasteiger charge is 2.42. The molecule has 35 heavy (non-hydrogen) atoms. The van der Waals surface area contributed by atoms with Crippen LogP contribution < -0.4 is 25.1 Å². The molecule has 0 fully saturated rings. The summed E-state index contributed by atoms with van der Waals surface area (Å²) in [4.78, 5) is 39.1. The maximum atomic E-state index is 12.8. The normalized spacial score (nSPS) is 11.5. The lowest BCUT2D eigenvalue weighted by molar-refractivity contribution is -0.189. The molecule has 3 N–H and O–H groups in total. The number of ether oxygens (including phenoxy) is 3. The van der Waals surface area contributed by atoms with Gasteiger partial charge in [0.05, 0.1) is 36.2 Å². The molecule has 2 aromatic heterocycles. The fraction of sp³-hybridized carbons (Fsp3) is 0.190. The number of phenolic OH excluding ortho intramolecular Hbond substituents is 1. The molecule has 11 nitrogen and oxygen atoms in total. The van der Waals surface area contributed by atoms with Crippen LogP contribution in [0.25, 0.3) is 21.8 Å². The summed E-state index contributed by atoms with van der Waals surface area (Å²) in [7, 11) is 2.50. The number of nitrogens with one attached hydrogen (secondary N) is 2. The van der Waals surface area contributed by atoms with Gasteiger partial charge in [0.25, 0.3) is 5.56 Å². The molecule has 0 spiro atoms. The number of H-pyrrole nitrogens is 1. The minimum absolute atomic E-state index is 0.0489. The number of aromatic amines is 1. The zero-order valence-corrected chi connectivity index (χ0v) is 18.3. The van der Waals surface area contributed by atoms with E-state index in [9.17, 15) is 27.9 Å². The van der Waals surface area contributed by atoms with E-state index < -0.39 is 35.0 Å². The molecule has 0 bridgehead atoms. The molecule has 0 atom stereocenters. The highest BCUT2D eigenvalue weighted by molar-refractivity contribution is 5.95. The first-order chi connectivity index (χ1) is 16.5. The number of hydrogen-bond acceptors (Lipinski definition) is 10. The van der Waals surface area contributed by atoms with Crippen LogP contribution in [0.3, 0.4) is 0 Å². The Morgan fingerprint density at radius 2 is 1.86 bits per heavy atom. The smallest absolute Gasteiger partial charge is 0.491 e. The SMILES string of the molecule is COc1c(O)cc2nc(Nc3nc4c(OC)cccc4c(=O)[nH]3)nc(C)c2c1OC(=O)C(F)(F)F. The third-order valence-electron chi connectivity index (χ3n) is 4.84. The van der Waals surface area contributed by atoms with Crippen molar-refractivity contribution < 1.29 is 37.3 Å². The van der Waals surface area contributed by atoms with E-state index in [1.54, 1.807) is 18.2 Å². The molecule has 4 rings (SSSR count). The first-order valence-electron chi connectivity index (χ1n) is 9.74. The van der Waals surface area contributed by atoms with E-state index in [0.717, 1.165) is 13.2 Å². The number of carbonyl (C=O) groups excluding carboxylic acids is 1. The molecule has 0 saturated carbocycles. The minimum Gasteiger partial charge on any atom is -0.504 e. The largest absolute Gasteiger partial charge is 0.504 e. The van der Waals surface area contributed by atoms with Gasteiger partial charge in [0.1, 0.15) is 11.3 Å². The molecule has 0 aliphatic heterocycles. The zero-order chi connectivity index (χ0) is 25.5. The maximum absolute atomic E-state index is 12.8. The lowest BCUT2D eigenvalue weighted by Gasteiger charge is -2.16. The van der Waals surface area contributed by atoms with Gasteiger partial charge in [-0.2, -0.15) is 13.2 Å². The van der Waals surface area contributed by atoms with Gasteiger partial charge in [-0.05, 0) is 19.1 Å². The van der Waals surface area contributed by atoms with Crippen molar-refractivity contribution in [1.82, 2.24) is 19.9 Å². The molecule has 14 heteroatoms. The van der Waals surface area contributed by atoms with Crippen molar-refractivity contribution in [3.63, 3.8) is 0 Å². The Balaban J connectivity index is 1.83. The number of para-hydroxylation sites is 1. The zero-order valence-electron chi connectivity index (χ0n) is 18.3. The van der Waals surface area contributed by atoms with E-state index in [2.05, 4.69) is 30.0 Å². The Morgan fingerprint density at radius 3 is 2.51 bits per heavy atom. The average molecular weight is 491 g/mol. The van der Waals surface area contributed by atoms with Crippen LogP contribution >= 0.6 is 0 Å². The van der Waals surface area contributed by atoms with Gasteiger partial charge in [-0.1, -0.05) is 6.07 Å². The van der Waals surface area contributed by atoms with Crippen LogP contribution in [0.5, 0.6) is 23.0 Å². The second-order valence-electron chi connectivity index (χ2n) is 7.07. The second kappa shape index (κ2) is 8.62. The average Bonchev–Trinajstić information content (AvgIpc) is 2.77. The van der Waals surface area contributed by atoms with Crippen LogP contribution in [-0.2, 0) is 4.79 Å². The number of carbonyl (C=O) groups is 1. The van der Waals surface area contributed by atoms with Gasteiger partial charge in [-0.15, -0.1) is 0 Å². The minimum atomic E-state index is -5.30. The topological polar surface area (TPSA) is 149 Å². The predicted molar refractivity (Wildman–Crippen MR) is 116 cm³/mol. The number of alkyl halides is 3. The molecule has 0 aliphatic rings. The summed E-state index contributed by atoms with van der Waals surface area (Å²) in [6.07, 6.45) is -5.30. The Kier molecular flexibility index (Phi) is 5.80. The van der Waals surface area contributed by atoms with Crippen LogP contribution in [0.2, 0.25) is 0 Å². The summed E-state index contributed by atoms with van der Waals surface area (Å²) >= 11 is 0. The summed E-state index contributed by atoms with van der Waals surface area (Å²) < 4.78 is 53.1. The Morgan fingerprint density at radius 1 is 1.11 bits per heavy atom. The first-order valence-corrected chi connectivity index (χ1v) is 9.74. The van der Waals surface area contributed by atoms with Crippen molar-refractivity contribution >= 4 is 39.7 Å². The number of fused-ring (bicyclic) bond motifs is 2. The van der Waals surface area contributed by atoms with E-state index in [0.29, 0.717) is 5.75 Å². The number of aromatic hydroxyl groups is 1. The summed E-state index contributed by atoms with van der Waals surface area (Å²) in [6.45, 7) is 1.41. The number of aromatic nitrogens is 4. The van der Waals surface area contributed by atoms with Crippen molar-refractivity contribution in [3.05, 3.63) is 40.3 Å². The summed E-state index contributed by atoms with van der Waals surface area (Å²) in [6, 6.07) is 5.91. The highest BCUT2D eigenvalue weighted by Crippen LogP contribution is 2.44. The third-order valence-corrected chi connectivity index (χ3v) is 4.84.